The second-order valence-corrected chi connectivity index (χ2v) is 16.8. The van der Waals surface area contributed by atoms with Crippen LogP contribution in [0.3, 0.4) is 0 Å². The number of benzene rings is 4. The summed E-state index contributed by atoms with van der Waals surface area (Å²) in [6, 6.07) is 18.6. The zero-order valence-electron chi connectivity index (χ0n) is 29.2. The molecule has 2 heterocycles. The summed E-state index contributed by atoms with van der Waals surface area (Å²) < 4.78 is 43.0. The summed E-state index contributed by atoms with van der Waals surface area (Å²) in [6.07, 6.45) is 11.3. The molecule has 0 unspecified atom stereocenters. The Balaban J connectivity index is 1.21. The maximum Gasteiger partial charge on any atom is 0.210 e. The number of rotatable bonds is 7. The van der Waals surface area contributed by atoms with Gasteiger partial charge >= 0.3 is 0 Å². The lowest BCUT2D eigenvalue weighted by Gasteiger charge is -2.25. The number of likely N-dealkylation sites (N-methyl/N-ethyl adjacent to an activating group) is 1. The Bertz CT molecular complexity index is 2410. The predicted molar refractivity (Wildman–Crippen MR) is 201 cm³/mol. The highest BCUT2D eigenvalue weighted by Crippen LogP contribution is 2.51. The molecule has 0 saturated heterocycles. The summed E-state index contributed by atoms with van der Waals surface area (Å²) >= 11 is 8.05. The van der Waals surface area contributed by atoms with Gasteiger partial charge in [0.2, 0.25) is 5.69 Å². The fraction of sp³-hybridized carbons (Fsp3) is 0.275. The third kappa shape index (κ3) is 5.87. The molecule has 0 spiro atoms. The maximum atomic E-state index is 12.1. The van der Waals surface area contributed by atoms with Crippen molar-refractivity contribution < 1.29 is 32.2 Å². The molecule has 0 atom stereocenters. The Kier molecular flexibility index (Phi) is 9.11. The van der Waals surface area contributed by atoms with Crippen LogP contribution in [0.25, 0.3) is 21.5 Å². The molecule has 2 aliphatic heterocycles. The standard InChI is InChI=1S/C40H39ClN2O6S2/c1-39(2)34(42(5)30-20-18-26-28(36(30)39)12-8-14-32(26)50-49-48-44)22-16-24-10-7-11-25(38(24)41)17-23-35-40(3,4)37-29-13-9-15-33(51(45,46)47)27(29)19-21-31(37)43(35)6/h8-9,12-23H,7,10-11H2,1-6H3,(H-,44,45,46,47)/p-1. The SMILES string of the molecule is CN1/C(=C/C=C2\CCCC(/C=C/C3=[N+](C)c4ccc5c(SOO[O-])cccc5c4C3(C)C)=C2Cl)C(C)(C)c2c1ccc1c(S(=O)(=O)[O-])cccc21. The van der Waals surface area contributed by atoms with Gasteiger partial charge in [0, 0.05) is 51.5 Å². The lowest BCUT2D eigenvalue weighted by molar-refractivity contribution is -0.777. The number of halogens is 1. The molecule has 7 rings (SSSR count). The first-order valence-corrected chi connectivity index (χ1v) is 19.3. The molecule has 0 bridgehead atoms. The third-order valence-corrected chi connectivity index (χ3v) is 12.8. The maximum absolute atomic E-state index is 12.1. The average molecular weight is 742 g/mol. The van der Waals surface area contributed by atoms with Crippen molar-refractivity contribution in [1.29, 1.82) is 0 Å². The predicted octanol–water partition coefficient (Wildman–Crippen LogP) is 8.60. The molecular formula is C40H38ClN2O6S2-. The van der Waals surface area contributed by atoms with Crippen LogP contribution in [0.15, 0.2) is 117 Å². The van der Waals surface area contributed by atoms with E-state index in [1.54, 1.807) is 12.1 Å². The van der Waals surface area contributed by atoms with Gasteiger partial charge in [-0.05, 0) is 102 Å². The molecule has 11 heteroatoms. The zero-order chi connectivity index (χ0) is 36.5. The monoisotopic (exact) mass is 741 g/mol. The zero-order valence-corrected chi connectivity index (χ0v) is 31.6. The fourth-order valence-corrected chi connectivity index (χ4v) is 9.92. The minimum Gasteiger partial charge on any atom is -0.744 e. The molecule has 0 radical (unpaired) electrons. The summed E-state index contributed by atoms with van der Waals surface area (Å²) in [7, 11) is -0.533. The summed E-state index contributed by atoms with van der Waals surface area (Å²) in [5.74, 6) is 0. The van der Waals surface area contributed by atoms with Crippen molar-refractivity contribution in [2.24, 2.45) is 0 Å². The van der Waals surface area contributed by atoms with Crippen LogP contribution >= 0.6 is 23.6 Å². The largest absolute Gasteiger partial charge is 0.744 e. The van der Waals surface area contributed by atoms with Crippen LogP contribution < -0.4 is 10.2 Å². The Morgan fingerprint density at radius 1 is 0.882 bits per heavy atom. The van der Waals surface area contributed by atoms with Crippen molar-refractivity contribution in [1.82, 2.24) is 0 Å². The van der Waals surface area contributed by atoms with E-state index in [0.29, 0.717) is 5.39 Å². The van der Waals surface area contributed by atoms with Gasteiger partial charge in [-0.25, -0.2) is 8.42 Å². The molecule has 8 nitrogen and oxygen atoms in total. The molecule has 4 aromatic rings. The van der Waals surface area contributed by atoms with Gasteiger partial charge < -0.3 is 14.7 Å². The van der Waals surface area contributed by atoms with E-state index in [9.17, 15) is 18.2 Å². The van der Waals surface area contributed by atoms with E-state index in [1.165, 1.54) is 11.6 Å². The summed E-state index contributed by atoms with van der Waals surface area (Å²) in [4.78, 5) is 2.73. The first-order chi connectivity index (χ1) is 24.2. The van der Waals surface area contributed by atoms with Gasteiger partial charge in [0.15, 0.2) is 5.71 Å². The van der Waals surface area contributed by atoms with Gasteiger partial charge in [-0.3, -0.25) is 5.04 Å². The van der Waals surface area contributed by atoms with Crippen LogP contribution in [-0.4, -0.2) is 37.4 Å². The normalized spacial score (nSPS) is 20.1. The molecule has 4 aromatic carbocycles. The third-order valence-electron chi connectivity index (χ3n) is 10.7. The van der Waals surface area contributed by atoms with Gasteiger partial charge in [-0.2, -0.15) is 8.91 Å². The molecule has 0 aromatic heterocycles. The second-order valence-electron chi connectivity index (χ2n) is 14.3. The number of hydrogen-bond acceptors (Lipinski definition) is 8. The number of anilines is 1. The van der Waals surface area contributed by atoms with Gasteiger partial charge in [0.05, 0.1) is 22.4 Å². The number of nitrogens with zero attached hydrogens (tertiary/aromatic N) is 2. The number of hydrogen-bond donors (Lipinski definition) is 0. The molecule has 0 fully saturated rings. The van der Waals surface area contributed by atoms with Crippen molar-refractivity contribution in [2.45, 2.75) is 67.6 Å². The van der Waals surface area contributed by atoms with Crippen molar-refractivity contribution in [3.63, 3.8) is 0 Å². The van der Waals surface area contributed by atoms with Gasteiger partial charge in [-0.15, -0.1) is 0 Å². The first-order valence-electron chi connectivity index (χ1n) is 16.7. The fourth-order valence-electron chi connectivity index (χ4n) is 8.41. The van der Waals surface area contributed by atoms with Crippen LogP contribution in [-0.2, 0) is 30.3 Å². The van der Waals surface area contributed by atoms with Crippen LogP contribution in [0.2, 0.25) is 0 Å². The van der Waals surface area contributed by atoms with Crippen LogP contribution in [0.1, 0.15) is 58.1 Å². The van der Waals surface area contributed by atoms with E-state index >= 15 is 0 Å². The van der Waals surface area contributed by atoms with Crippen molar-refractivity contribution in [2.75, 3.05) is 19.0 Å². The molecule has 1 aliphatic carbocycles. The highest BCUT2D eigenvalue weighted by molar-refractivity contribution is 7.94. The average Bonchev–Trinajstić information content (AvgIpc) is 3.42. The van der Waals surface area contributed by atoms with Crippen LogP contribution in [0.4, 0.5) is 11.4 Å². The topological polar surface area (TPSA) is 105 Å². The van der Waals surface area contributed by atoms with Gasteiger partial charge in [-0.1, -0.05) is 67.9 Å². The molecule has 0 saturated carbocycles. The van der Waals surface area contributed by atoms with Gasteiger partial charge in [0.25, 0.3) is 0 Å². The molecular weight excluding hydrogens is 704 g/mol. The molecule has 0 N–H and O–H groups in total. The number of allylic oxidation sites excluding steroid dienone is 8. The van der Waals surface area contributed by atoms with Gasteiger partial charge in [0.1, 0.15) is 17.2 Å². The Labute approximate surface area is 307 Å². The second kappa shape index (κ2) is 13.0. The van der Waals surface area contributed by atoms with Crippen LogP contribution in [0, 0.1) is 0 Å². The summed E-state index contributed by atoms with van der Waals surface area (Å²) in [5, 5.41) is 18.1. The summed E-state index contributed by atoms with van der Waals surface area (Å²) in [6.45, 7) is 8.69. The van der Waals surface area contributed by atoms with E-state index < -0.39 is 15.5 Å². The Morgan fingerprint density at radius 3 is 2.31 bits per heavy atom. The van der Waals surface area contributed by atoms with Crippen molar-refractivity contribution >= 4 is 72.4 Å². The molecule has 51 heavy (non-hydrogen) atoms. The number of fused-ring (bicyclic) bond motifs is 6. The highest BCUT2D eigenvalue weighted by atomic mass is 35.5. The molecule has 3 aliphatic rings. The van der Waals surface area contributed by atoms with Crippen molar-refractivity contribution in [3.8, 4) is 0 Å². The highest BCUT2D eigenvalue weighted by Gasteiger charge is 2.44. The molecule has 0 amide bonds. The van der Waals surface area contributed by atoms with E-state index in [4.69, 9.17) is 11.6 Å². The smallest absolute Gasteiger partial charge is 0.210 e. The van der Waals surface area contributed by atoms with Crippen molar-refractivity contribution in [3.05, 3.63) is 118 Å². The quantitative estimate of drug-likeness (QED) is 0.0610. The van der Waals surface area contributed by atoms with E-state index in [1.807, 2.05) is 37.4 Å². The minimum absolute atomic E-state index is 0.200. The Hall–Kier alpha value is -3.74. The van der Waals surface area contributed by atoms with Crippen LogP contribution in [0.5, 0.6) is 0 Å². The van der Waals surface area contributed by atoms with E-state index in [0.717, 1.165) is 96.9 Å². The van der Waals surface area contributed by atoms with E-state index in [2.05, 4.69) is 90.0 Å². The minimum atomic E-state index is -4.63. The lowest BCUT2D eigenvalue weighted by Crippen LogP contribution is -2.27. The first kappa shape index (κ1) is 35.7. The lowest BCUT2D eigenvalue weighted by atomic mass is 9.78. The molecule has 264 valence electrons. The summed E-state index contributed by atoms with van der Waals surface area (Å²) in [5.41, 5.74) is 7.82. The van der Waals surface area contributed by atoms with E-state index in [-0.39, 0.29) is 10.3 Å². The Morgan fingerprint density at radius 2 is 1.59 bits per heavy atom.